The number of nitrogens with one attached hydrogen (secondary N) is 1. The summed E-state index contributed by atoms with van der Waals surface area (Å²) in [7, 11) is 0. The predicted molar refractivity (Wildman–Crippen MR) is 81.2 cm³/mol. The molecule has 7 heteroatoms. The summed E-state index contributed by atoms with van der Waals surface area (Å²) in [4.78, 5) is 20.5. The number of rotatable bonds is 3. The highest BCUT2D eigenvalue weighted by atomic mass is 32.1. The van der Waals surface area contributed by atoms with E-state index in [9.17, 15) is 4.79 Å². The van der Waals surface area contributed by atoms with Gasteiger partial charge in [-0.3, -0.25) is 4.79 Å². The largest absolute Gasteiger partial charge is 0.444 e. The third kappa shape index (κ3) is 2.73. The van der Waals surface area contributed by atoms with E-state index in [1.165, 1.54) is 11.3 Å². The van der Waals surface area contributed by atoms with Crippen molar-refractivity contribution in [2.24, 2.45) is 0 Å². The highest BCUT2D eigenvalue weighted by Gasteiger charge is 2.16. The Morgan fingerprint density at radius 2 is 2.29 bits per heavy atom. The van der Waals surface area contributed by atoms with Crippen molar-refractivity contribution in [1.82, 2.24) is 15.3 Å². The van der Waals surface area contributed by atoms with Gasteiger partial charge in [0.25, 0.3) is 5.91 Å². The molecule has 1 amide bonds. The molecule has 0 aliphatic rings. The fourth-order valence-corrected chi connectivity index (χ4v) is 2.77. The molecule has 6 nitrogen and oxygen atoms in total. The molecule has 1 unspecified atom stereocenters. The van der Waals surface area contributed by atoms with Crippen LogP contribution in [0.15, 0.2) is 28.8 Å². The first-order chi connectivity index (χ1) is 10.0. The number of carbonyl (C=O) groups excluding carboxylic acids is 1. The van der Waals surface area contributed by atoms with E-state index in [0.717, 1.165) is 10.2 Å². The lowest BCUT2D eigenvalue weighted by atomic mass is 10.2. The standard InChI is InChI=1S/C14H14N4O2S/c1-7-6-16-13(20-7)8(2)17-12(19)9-3-4-10-11(5-9)21-14(15)18-10/h3-6,8H,1-2H3,(H2,15,18)(H,17,19). The molecule has 0 saturated carbocycles. The van der Waals surface area contributed by atoms with Crippen molar-refractivity contribution in [2.75, 3.05) is 5.73 Å². The number of fused-ring (bicyclic) bond motifs is 1. The van der Waals surface area contributed by atoms with Gasteiger partial charge in [0, 0.05) is 5.56 Å². The first-order valence-electron chi connectivity index (χ1n) is 6.42. The number of hydrogen-bond acceptors (Lipinski definition) is 6. The number of thiazole rings is 1. The highest BCUT2D eigenvalue weighted by molar-refractivity contribution is 7.22. The van der Waals surface area contributed by atoms with Crippen LogP contribution in [-0.4, -0.2) is 15.9 Å². The lowest BCUT2D eigenvalue weighted by molar-refractivity contribution is 0.0934. The lowest BCUT2D eigenvalue weighted by Gasteiger charge is -2.10. The highest BCUT2D eigenvalue weighted by Crippen LogP contribution is 2.24. The molecule has 1 aromatic carbocycles. The maximum Gasteiger partial charge on any atom is 0.251 e. The van der Waals surface area contributed by atoms with Gasteiger partial charge in [0.15, 0.2) is 5.13 Å². The van der Waals surface area contributed by atoms with Crippen molar-refractivity contribution in [3.05, 3.63) is 41.6 Å². The van der Waals surface area contributed by atoms with Gasteiger partial charge in [-0.15, -0.1) is 0 Å². The minimum absolute atomic E-state index is 0.188. The third-order valence-electron chi connectivity index (χ3n) is 3.02. The molecule has 0 aliphatic heterocycles. The van der Waals surface area contributed by atoms with Crippen LogP contribution in [0.1, 0.15) is 35.0 Å². The van der Waals surface area contributed by atoms with Gasteiger partial charge in [-0.1, -0.05) is 11.3 Å². The maximum absolute atomic E-state index is 12.3. The van der Waals surface area contributed by atoms with E-state index in [1.807, 2.05) is 13.8 Å². The topological polar surface area (TPSA) is 94.0 Å². The SMILES string of the molecule is Cc1cnc(C(C)NC(=O)c2ccc3nc(N)sc3c2)o1. The van der Waals surface area contributed by atoms with Gasteiger partial charge in [-0.2, -0.15) is 0 Å². The molecule has 2 aromatic heterocycles. The zero-order chi connectivity index (χ0) is 15.0. The minimum Gasteiger partial charge on any atom is -0.444 e. The zero-order valence-corrected chi connectivity index (χ0v) is 12.4. The van der Waals surface area contributed by atoms with Gasteiger partial charge in [-0.25, -0.2) is 9.97 Å². The monoisotopic (exact) mass is 302 g/mol. The van der Waals surface area contributed by atoms with E-state index >= 15 is 0 Å². The Balaban J connectivity index is 1.79. The number of aromatic nitrogens is 2. The molecule has 108 valence electrons. The molecule has 3 rings (SSSR count). The van der Waals surface area contributed by atoms with E-state index < -0.39 is 0 Å². The second kappa shape index (κ2) is 5.17. The average molecular weight is 302 g/mol. The fourth-order valence-electron chi connectivity index (χ4n) is 2.00. The molecule has 0 fully saturated rings. The molecule has 3 aromatic rings. The van der Waals surface area contributed by atoms with Gasteiger partial charge in [0.1, 0.15) is 11.8 Å². The Bertz CT molecular complexity index is 808. The van der Waals surface area contributed by atoms with Crippen LogP contribution in [0.5, 0.6) is 0 Å². The van der Waals surface area contributed by atoms with Crippen molar-refractivity contribution in [1.29, 1.82) is 0 Å². The molecule has 3 N–H and O–H groups in total. The van der Waals surface area contributed by atoms with Crippen LogP contribution in [0.4, 0.5) is 5.13 Å². The van der Waals surface area contributed by atoms with E-state index in [-0.39, 0.29) is 11.9 Å². The smallest absolute Gasteiger partial charge is 0.251 e. The van der Waals surface area contributed by atoms with Crippen LogP contribution in [0, 0.1) is 6.92 Å². The predicted octanol–water partition coefficient (Wildman–Crippen LogP) is 2.67. The Morgan fingerprint density at radius 1 is 1.48 bits per heavy atom. The van der Waals surface area contributed by atoms with Crippen molar-refractivity contribution < 1.29 is 9.21 Å². The number of nitrogens with two attached hydrogens (primary N) is 1. The van der Waals surface area contributed by atoms with E-state index in [4.69, 9.17) is 10.2 Å². The Labute approximate surface area is 125 Å². The van der Waals surface area contributed by atoms with Crippen LogP contribution < -0.4 is 11.1 Å². The molecule has 2 heterocycles. The Morgan fingerprint density at radius 3 is 3.00 bits per heavy atom. The molecule has 1 atom stereocenters. The van der Waals surface area contributed by atoms with Gasteiger partial charge >= 0.3 is 0 Å². The molecule has 0 radical (unpaired) electrons. The van der Waals surface area contributed by atoms with Crippen molar-refractivity contribution >= 4 is 32.6 Å². The molecule has 0 saturated heterocycles. The van der Waals surface area contributed by atoms with Crippen molar-refractivity contribution in [3.63, 3.8) is 0 Å². The second-order valence-electron chi connectivity index (χ2n) is 4.74. The number of oxazole rings is 1. The summed E-state index contributed by atoms with van der Waals surface area (Å²) in [6.07, 6.45) is 1.63. The Hall–Kier alpha value is -2.41. The van der Waals surface area contributed by atoms with Gasteiger partial charge in [0.05, 0.1) is 16.4 Å². The van der Waals surface area contributed by atoms with E-state index in [2.05, 4.69) is 15.3 Å². The van der Waals surface area contributed by atoms with Crippen LogP contribution >= 0.6 is 11.3 Å². The summed E-state index contributed by atoms with van der Waals surface area (Å²) in [5.74, 6) is 1.02. The number of benzene rings is 1. The van der Waals surface area contributed by atoms with E-state index in [1.54, 1.807) is 24.4 Å². The van der Waals surface area contributed by atoms with Gasteiger partial charge in [-0.05, 0) is 32.0 Å². The van der Waals surface area contributed by atoms with Crippen LogP contribution in [0.2, 0.25) is 0 Å². The fraction of sp³-hybridized carbons (Fsp3) is 0.214. The molecule has 0 aliphatic carbocycles. The summed E-state index contributed by atoms with van der Waals surface area (Å²) < 4.78 is 6.29. The third-order valence-corrected chi connectivity index (χ3v) is 3.87. The quantitative estimate of drug-likeness (QED) is 0.775. The van der Waals surface area contributed by atoms with Crippen molar-refractivity contribution in [3.8, 4) is 0 Å². The minimum atomic E-state index is -0.298. The molecule has 0 spiro atoms. The summed E-state index contributed by atoms with van der Waals surface area (Å²) in [6, 6.07) is 5.00. The molecular weight excluding hydrogens is 288 g/mol. The van der Waals surface area contributed by atoms with Crippen molar-refractivity contribution in [2.45, 2.75) is 19.9 Å². The number of carbonyl (C=O) groups is 1. The van der Waals surface area contributed by atoms with Crippen LogP contribution in [0.25, 0.3) is 10.2 Å². The lowest BCUT2D eigenvalue weighted by Crippen LogP contribution is -2.26. The number of hydrogen-bond donors (Lipinski definition) is 2. The molecular formula is C14H14N4O2S. The first kappa shape index (κ1) is 13.6. The number of nitrogen functional groups attached to an aromatic ring is 1. The Kier molecular flexibility index (Phi) is 3.34. The zero-order valence-electron chi connectivity index (χ0n) is 11.6. The number of amides is 1. The number of aryl methyl sites for hydroxylation is 1. The summed E-state index contributed by atoms with van der Waals surface area (Å²) >= 11 is 1.36. The average Bonchev–Trinajstić information content (AvgIpc) is 3.02. The maximum atomic E-state index is 12.3. The normalized spacial score (nSPS) is 12.5. The number of anilines is 1. The van der Waals surface area contributed by atoms with E-state index in [0.29, 0.717) is 22.3 Å². The summed E-state index contributed by atoms with van der Waals surface area (Å²) in [6.45, 7) is 3.64. The van der Waals surface area contributed by atoms with Gasteiger partial charge in [0.2, 0.25) is 5.89 Å². The van der Waals surface area contributed by atoms with Gasteiger partial charge < -0.3 is 15.5 Å². The summed E-state index contributed by atoms with van der Waals surface area (Å²) in [5, 5.41) is 3.35. The number of nitrogens with zero attached hydrogens (tertiary/aromatic N) is 2. The molecule has 21 heavy (non-hydrogen) atoms. The molecule has 0 bridgehead atoms. The van der Waals surface area contributed by atoms with Crippen LogP contribution in [-0.2, 0) is 0 Å². The second-order valence-corrected chi connectivity index (χ2v) is 5.80. The van der Waals surface area contributed by atoms with Crippen LogP contribution in [0.3, 0.4) is 0 Å². The summed E-state index contributed by atoms with van der Waals surface area (Å²) in [5.41, 5.74) is 7.02. The first-order valence-corrected chi connectivity index (χ1v) is 7.24.